The molecule has 0 spiro atoms. The number of likely N-dealkylation sites (tertiary alicyclic amines) is 1. The summed E-state index contributed by atoms with van der Waals surface area (Å²) in [5.74, 6) is -0.372. The number of hydrogen-bond donors (Lipinski definition) is 1. The van der Waals surface area contributed by atoms with E-state index in [1.54, 1.807) is 34.1 Å². The summed E-state index contributed by atoms with van der Waals surface area (Å²) in [6.07, 6.45) is 9.51. The second-order valence-electron chi connectivity index (χ2n) is 14.3. The van der Waals surface area contributed by atoms with Gasteiger partial charge >= 0.3 is 0 Å². The molecule has 3 atom stereocenters. The lowest BCUT2D eigenvalue weighted by Crippen LogP contribution is -2.67. The average molecular weight is 672 g/mol. The van der Waals surface area contributed by atoms with E-state index in [0.29, 0.717) is 42.1 Å². The Morgan fingerprint density at radius 2 is 1.50 bits per heavy atom. The van der Waals surface area contributed by atoms with Gasteiger partial charge in [-0.2, -0.15) is 0 Å². The Morgan fingerprint density at radius 1 is 0.820 bits per heavy atom. The van der Waals surface area contributed by atoms with Gasteiger partial charge in [0.25, 0.3) is 5.91 Å². The van der Waals surface area contributed by atoms with Crippen LogP contribution in [-0.4, -0.2) is 63.5 Å². The molecule has 9 heteroatoms. The second kappa shape index (κ2) is 14.9. The Kier molecular flexibility index (Phi) is 9.97. The summed E-state index contributed by atoms with van der Waals surface area (Å²) in [5, 5.41) is 3.07. The van der Waals surface area contributed by atoms with E-state index >= 15 is 0 Å². The average Bonchev–Trinajstić information content (AvgIpc) is 3.17. The van der Waals surface area contributed by atoms with Crippen molar-refractivity contribution in [1.82, 2.24) is 20.0 Å². The molecule has 0 aromatic heterocycles. The minimum atomic E-state index is -1.06. The zero-order chi connectivity index (χ0) is 34.6. The molecule has 9 nitrogen and oxygen atoms in total. The van der Waals surface area contributed by atoms with Crippen molar-refractivity contribution in [2.24, 2.45) is 5.92 Å². The van der Waals surface area contributed by atoms with Crippen LogP contribution in [0.1, 0.15) is 96.4 Å². The van der Waals surface area contributed by atoms with Crippen LogP contribution in [0.3, 0.4) is 0 Å². The number of piperidine rings is 1. The summed E-state index contributed by atoms with van der Waals surface area (Å²) in [5.41, 5.74) is 4.55. The number of hydrogen-bond acceptors (Lipinski definition) is 4. The van der Waals surface area contributed by atoms with Crippen LogP contribution >= 0.6 is 0 Å². The molecule has 50 heavy (non-hydrogen) atoms. The summed E-state index contributed by atoms with van der Waals surface area (Å²) in [6, 6.07) is 19.6. The van der Waals surface area contributed by atoms with Crippen molar-refractivity contribution in [3.63, 3.8) is 0 Å². The Morgan fingerprint density at radius 3 is 2.20 bits per heavy atom. The van der Waals surface area contributed by atoms with Gasteiger partial charge in [0.2, 0.25) is 17.7 Å². The van der Waals surface area contributed by atoms with Gasteiger partial charge in [-0.3, -0.25) is 19.2 Å². The molecular weight excluding hydrogens is 626 g/mol. The van der Waals surface area contributed by atoms with E-state index < -0.39 is 18.1 Å². The molecule has 4 aliphatic rings. The van der Waals surface area contributed by atoms with Gasteiger partial charge in [-0.05, 0) is 66.0 Å². The SMILES string of the molecule is [C-]#[N+]c1ccc(C(C(=O)NCc2ccc(C(=O)N3CCCCC3)cc2)N2C(=O)[C@@H]3Cc4ccccc4CN3C(=O)[C@@H]2CC2CCCCC2)cc1. The third kappa shape index (κ3) is 6.89. The van der Waals surface area contributed by atoms with E-state index in [4.69, 9.17) is 6.57 Å². The molecule has 1 saturated carbocycles. The van der Waals surface area contributed by atoms with Gasteiger partial charge in [0.05, 0.1) is 6.57 Å². The van der Waals surface area contributed by atoms with Crippen molar-refractivity contribution in [3.8, 4) is 0 Å². The van der Waals surface area contributed by atoms with Gasteiger partial charge < -0.3 is 20.0 Å². The molecule has 1 unspecified atom stereocenters. The zero-order valence-corrected chi connectivity index (χ0v) is 28.6. The lowest BCUT2D eigenvalue weighted by atomic mass is 9.81. The predicted molar refractivity (Wildman–Crippen MR) is 190 cm³/mol. The number of amides is 4. The standard InChI is InChI=1S/C41H45N5O4/c1-42-34-20-18-30(19-21-34)37(38(47)43-26-29-14-16-31(17-15-29)39(48)44-22-8-3-9-23-44)46-36(24-28-10-4-2-5-11-28)40(49)45-27-33-13-7-6-12-32(33)25-35(45)41(46)50/h6-7,12-21,28,35-37H,2-5,8-11,22-27H2,(H,43,47)/t35-,36-,37?/m0/s1. The molecule has 3 aromatic rings. The van der Waals surface area contributed by atoms with Crippen molar-refractivity contribution in [2.75, 3.05) is 13.1 Å². The molecule has 0 bridgehead atoms. The quantitative estimate of drug-likeness (QED) is 0.282. The van der Waals surface area contributed by atoms with Gasteiger partial charge in [-0.25, -0.2) is 4.85 Å². The van der Waals surface area contributed by atoms with Crippen LogP contribution in [0.2, 0.25) is 0 Å². The Bertz CT molecular complexity index is 1770. The van der Waals surface area contributed by atoms with Crippen molar-refractivity contribution in [1.29, 1.82) is 0 Å². The Labute approximate surface area is 294 Å². The van der Waals surface area contributed by atoms with Crippen LogP contribution < -0.4 is 5.32 Å². The lowest BCUT2D eigenvalue weighted by molar-refractivity contribution is -0.169. The minimum Gasteiger partial charge on any atom is -0.350 e. The van der Waals surface area contributed by atoms with Crippen LogP contribution in [0.15, 0.2) is 72.8 Å². The van der Waals surface area contributed by atoms with Crippen molar-refractivity contribution < 1.29 is 19.2 Å². The number of fused-ring (bicyclic) bond motifs is 2. The lowest BCUT2D eigenvalue weighted by Gasteiger charge is -2.50. The third-order valence-corrected chi connectivity index (χ3v) is 11.1. The topological polar surface area (TPSA) is 94.4 Å². The van der Waals surface area contributed by atoms with Crippen molar-refractivity contribution in [3.05, 3.63) is 112 Å². The minimum absolute atomic E-state index is 0.0277. The summed E-state index contributed by atoms with van der Waals surface area (Å²) < 4.78 is 0. The molecular formula is C41H45N5O4. The molecule has 4 amide bonds. The highest BCUT2D eigenvalue weighted by atomic mass is 16.2. The highest BCUT2D eigenvalue weighted by Crippen LogP contribution is 2.39. The smallest absolute Gasteiger partial charge is 0.253 e. The number of benzene rings is 3. The van der Waals surface area contributed by atoms with E-state index in [9.17, 15) is 19.2 Å². The van der Waals surface area contributed by atoms with Crippen LogP contribution in [0, 0.1) is 12.5 Å². The molecule has 3 heterocycles. The summed E-state index contributed by atoms with van der Waals surface area (Å²) >= 11 is 0. The summed E-state index contributed by atoms with van der Waals surface area (Å²) in [4.78, 5) is 65.6. The first kappa shape index (κ1) is 33.5. The fraction of sp³-hybridized carbons (Fsp3) is 0.439. The normalized spacial score (nSPS) is 21.5. The fourth-order valence-corrected chi connectivity index (χ4v) is 8.37. The highest BCUT2D eigenvalue weighted by Gasteiger charge is 2.51. The van der Waals surface area contributed by atoms with Crippen LogP contribution in [-0.2, 0) is 33.9 Å². The number of carbonyl (C=O) groups excluding carboxylic acids is 4. The van der Waals surface area contributed by atoms with Gasteiger partial charge in [-0.1, -0.05) is 92.8 Å². The first-order valence-electron chi connectivity index (χ1n) is 18.2. The maximum atomic E-state index is 14.8. The van der Waals surface area contributed by atoms with Crippen LogP contribution in [0.25, 0.3) is 4.85 Å². The maximum absolute atomic E-state index is 14.8. The molecule has 3 aromatic carbocycles. The molecule has 1 N–H and O–H groups in total. The molecule has 2 saturated heterocycles. The molecule has 3 fully saturated rings. The monoisotopic (exact) mass is 671 g/mol. The highest BCUT2D eigenvalue weighted by molar-refractivity contribution is 6.00. The molecule has 0 radical (unpaired) electrons. The van der Waals surface area contributed by atoms with E-state index in [-0.39, 0.29) is 30.2 Å². The predicted octanol–water partition coefficient (Wildman–Crippen LogP) is 6.36. The molecule has 258 valence electrons. The molecule has 7 rings (SSSR count). The van der Waals surface area contributed by atoms with Gasteiger partial charge in [0.1, 0.15) is 18.1 Å². The van der Waals surface area contributed by atoms with E-state index in [1.807, 2.05) is 53.4 Å². The number of rotatable bonds is 8. The van der Waals surface area contributed by atoms with Crippen LogP contribution in [0.4, 0.5) is 5.69 Å². The first-order valence-corrected chi connectivity index (χ1v) is 18.2. The summed E-state index contributed by atoms with van der Waals surface area (Å²) in [7, 11) is 0. The number of nitrogens with zero attached hydrogens (tertiary/aromatic N) is 4. The maximum Gasteiger partial charge on any atom is 0.253 e. The van der Waals surface area contributed by atoms with E-state index in [2.05, 4.69) is 10.2 Å². The number of carbonyl (C=O) groups is 4. The largest absolute Gasteiger partial charge is 0.350 e. The van der Waals surface area contributed by atoms with Gasteiger partial charge in [0.15, 0.2) is 5.69 Å². The van der Waals surface area contributed by atoms with E-state index in [1.165, 1.54) is 6.42 Å². The van der Waals surface area contributed by atoms with Crippen molar-refractivity contribution in [2.45, 2.75) is 95.4 Å². The third-order valence-electron chi connectivity index (χ3n) is 11.1. The fourth-order valence-electron chi connectivity index (χ4n) is 8.37. The van der Waals surface area contributed by atoms with Crippen LogP contribution in [0.5, 0.6) is 0 Å². The summed E-state index contributed by atoms with van der Waals surface area (Å²) in [6.45, 7) is 9.60. The zero-order valence-electron chi connectivity index (χ0n) is 28.6. The first-order chi connectivity index (χ1) is 24.4. The number of piperazine rings is 1. The van der Waals surface area contributed by atoms with Gasteiger partial charge in [0, 0.05) is 38.2 Å². The Balaban J connectivity index is 1.18. The number of nitrogens with one attached hydrogen (secondary N) is 1. The van der Waals surface area contributed by atoms with Crippen molar-refractivity contribution >= 4 is 29.3 Å². The van der Waals surface area contributed by atoms with E-state index in [0.717, 1.165) is 74.7 Å². The van der Waals surface area contributed by atoms with Gasteiger partial charge in [-0.15, -0.1) is 0 Å². The second-order valence-corrected chi connectivity index (χ2v) is 14.3. The molecule has 3 aliphatic heterocycles. The molecule has 1 aliphatic carbocycles. The Hall–Kier alpha value is -4.97.